The van der Waals surface area contributed by atoms with Crippen LogP contribution >= 0.6 is 11.3 Å². The van der Waals surface area contributed by atoms with E-state index in [1.807, 2.05) is 6.92 Å². The second-order valence-corrected chi connectivity index (χ2v) is 5.26. The van der Waals surface area contributed by atoms with Gasteiger partial charge in [-0.1, -0.05) is 0 Å². The Morgan fingerprint density at radius 3 is 2.50 bits per heavy atom. The van der Waals surface area contributed by atoms with Gasteiger partial charge < -0.3 is 4.74 Å². The summed E-state index contributed by atoms with van der Waals surface area (Å²) >= 11 is 0.567. The van der Waals surface area contributed by atoms with Gasteiger partial charge in [-0.05, 0) is 20.8 Å². The molecule has 1 rings (SSSR count). The molecule has 0 radical (unpaired) electrons. The first kappa shape index (κ1) is 15.4. The molecule has 0 aromatic carbocycles. The molecule has 1 heterocycles. The minimum Gasteiger partial charge on any atom is -0.374 e. The van der Waals surface area contributed by atoms with Crippen molar-refractivity contribution in [3.05, 3.63) is 16.1 Å². The molecule has 0 saturated heterocycles. The van der Waals surface area contributed by atoms with Crippen LogP contribution in [0.5, 0.6) is 0 Å². The van der Waals surface area contributed by atoms with E-state index in [9.17, 15) is 13.2 Å². The zero-order chi connectivity index (χ0) is 14.0. The van der Waals surface area contributed by atoms with E-state index in [1.165, 1.54) is 6.20 Å². The lowest BCUT2D eigenvalue weighted by Crippen LogP contribution is -2.44. The van der Waals surface area contributed by atoms with Crippen molar-refractivity contribution in [3.8, 4) is 0 Å². The van der Waals surface area contributed by atoms with Crippen molar-refractivity contribution in [1.29, 1.82) is 0 Å². The molecule has 0 aliphatic carbocycles. The number of hydrogen-bond donors (Lipinski definition) is 2. The van der Waals surface area contributed by atoms with E-state index in [0.717, 1.165) is 0 Å². The Morgan fingerprint density at radius 1 is 1.50 bits per heavy atom. The molecule has 1 unspecified atom stereocenters. The average molecular weight is 283 g/mol. The number of nitrogens with one attached hydrogen (secondary N) is 1. The van der Waals surface area contributed by atoms with E-state index in [-0.39, 0.29) is 0 Å². The van der Waals surface area contributed by atoms with Gasteiger partial charge in [-0.3, -0.25) is 5.84 Å². The number of rotatable bonds is 5. The highest BCUT2D eigenvalue weighted by Crippen LogP contribution is 2.37. The van der Waals surface area contributed by atoms with Crippen molar-refractivity contribution in [2.45, 2.75) is 38.6 Å². The van der Waals surface area contributed by atoms with Gasteiger partial charge in [-0.15, -0.1) is 11.3 Å². The van der Waals surface area contributed by atoms with Gasteiger partial charge in [-0.25, -0.2) is 10.4 Å². The molecule has 4 nitrogen and oxygen atoms in total. The van der Waals surface area contributed by atoms with Gasteiger partial charge in [0.1, 0.15) is 0 Å². The predicted molar refractivity (Wildman–Crippen MR) is 62.9 cm³/mol. The van der Waals surface area contributed by atoms with Gasteiger partial charge in [0, 0.05) is 17.7 Å². The summed E-state index contributed by atoms with van der Waals surface area (Å²) in [7, 11) is 0. The molecule has 1 aromatic heterocycles. The molecule has 1 aromatic rings. The Labute approximate surface area is 107 Å². The van der Waals surface area contributed by atoms with E-state index in [1.54, 1.807) is 13.8 Å². The summed E-state index contributed by atoms with van der Waals surface area (Å²) in [5.41, 5.74) is 1.76. The molecule has 18 heavy (non-hydrogen) atoms. The monoisotopic (exact) mass is 283 g/mol. The maximum atomic E-state index is 12.5. The third kappa shape index (κ3) is 3.41. The summed E-state index contributed by atoms with van der Waals surface area (Å²) in [5, 5.41) is -0.884. The van der Waals surface area contributed by atoms with Gasteiger partial charge >= 0.3 is 6.18 Å². The average Bonchev–Trinajstić information content (AvgIpc) is 2.66. The lowest BCUT2D eigenvalue weighted by Gasteiger charge is -2.32. The van der Waals surface area contributed by atoms with E-state index >= 15 is 0 Å². The first-order chi connectivity index (χ1) is 8.22. The van der Waals surface area contributed by atoms with Crippen LogP contribution in [0.3, 0.4) is 0 Å². The van der Waals surface area contributed by atoms with Crippen LogP contribution in [0.4, 0.5) is 13.2 Å². The molecule has 8 heteroatoms. The summed E-state index contributed by atoms with van der Waals surface area (Å²) in [6, 6.07) is -0.550. The van der Waals surface area contributed by atoms with E-state index < -0.39 is 22.8 Å². The minimum atomic E-state index is -4.43. The molecule has 0 aliphatic heterocycles. The summed E-state index contributed by atoms with van der Waals surface area (Å²) in [6.07, 6.45) is -3.25. The van der Waals surface area contributed by atoms with E-state index in [0.29, 0.717) is 22.8 Å². The SMILES string of the molecule is CCOC(C)(C)C(NN)c1cnc(C(F)(F)F)s1. The third-order valence-electron chi connectivity index (χ3n) is 2.43. The maximum Gasteiger partial charge on any atom is 0.443 e. The van der Waals surface area contributed by atoms with Gasteiger partial charge in [0.05, 0.1) is 11.6 Å². The second kappa shape index (κ2) is 5.52. The fourth-order valence-electron chi connectivity index (χ4n) is 1.63. The first-order valence-corrected chi connectivity index (χ1v) is 6.17. The fourth-order valence-corrected chi connectivity index (χ4v) is 2.65. The molecule has 0 aliphatic rings. The maximum absolute atomic E-state index is 12.5. The summed E-state index contributed by atoms with van der Waals surface area (Å²) in [4.78, 5) is 3.76. The van der Waals surface area contributed by atoms with Crippen LogP contribution in [0.1, 0.15) is 36.7 Å². The van der Waals surface area contributed by atoms with Crippen molar-refractivity contribution in [2.75, 3.05) is 6.61 Å². The molecule has 1 atom stereocenters. The lowest BCUT2D eigenvalue weighted by molar-refractivity contribution is -0.137. The topological polar surface area (TPSA) is 60.2 Å². The number of alkyl halides is 3. The lowest BCUT2D eigenvalue weighted by atomic mass is 9.98. The highest BCUT2D eigenvalue weighted by atomic mass is 32.1. The van der Waals surface area contributed by atoms with Crippen LogP contribution in [0.25, 0.3) is 0 Å². The van der Waals surface area contributed by atoms with Crippen molar-refractivity contribution in [2.24, 2.45) is 5.84 Å². The van der Waals surface area contributed by atoms with Gasteiger partial charge in [0.25, 0.3) is 0 Å². The Hall–Kier alpha value is -0.700. The minimum absolute atomic E-state index is 0.392. The van der Waals surface area contributed by atoms with E-state index in [4.69, 9.17) is 10.6 Å². The van der Waals surface area contributed by atoms with Crippen LogP contribution in [0.15, 0.2) is 6.20 Å². The summed E-state index contributed by atoms with van der Waals surface area (Å²) < 4.78 is 42.9. The van der Waals surface area contributed by atoms with Crippen LogP contribution < -0.4 is 11.3 Å². The number of ether oxygens (including phenoxy) is 1. The molecule has 0 spiro atoms. The van der Waals surface area contributed by atoms with Crippen molar-refractivity contribution >= 4 is 11.3 Å². The molecular weight excluding hydrogens is 267 g/mol. The fraction of sp³-hybridized carbons (Fsp3) is 0.700. The highest BCUT2D eigenvalue weighted by molar-refractivity contribution is 7.11. The summed E-state index contributed by atoms with van der Waals surface area (Å²) in [5.74, 6) is 5.41. The Morgan fingerprint density at radius 2 is 2.11 bits per heavy atom. The number of halogens is 3. The molecular formula is C10H16F3N3OS. The number of hydrazine groups is 1. The number of hydrogen-bond acceptors (Lipinski definition) is 5. The Kier molecular flexibility index (Phi) is 4.71. The zero-order valence-corrected chi connectivity index (χ0v) is 11.2. The molecule has 0 fully saturated rings. The van der Waals surface area contributed by atoms with Crippen LogP contribution in [0, 0.1) is 0 Å². The molecule has 104 valence electrons. The van der Waals surface area contributed by atoms with Crippen LogP contribution in [0.2, 0.25) is 0 Å². The third-order valence-corrected chi connectivity index (χ3v) is 3.54. The van der Waals surface area contributed by atoms with Crippen molar-refractivity contribution < 1.29 is 17.9 Å². The summed E-state index contributed by atoms with van der Waals surface area (Å²) in [6.45, 7) is 5.77. The zero-order valence-electron chi connectivity index (χ0n) is 10.3. The van der Waals surface area contributed by atoms with Crippen LogP contribution in [-0.2, 0) is 10.9 Å². The molecule has 0 saturated carbocycles. The second-order valence-electron chi connectivity index (χ2n) is 4.20. The smallest absolute Gasteiger partial charge is 0.374 e. The molecule has 3 N–H and O–H groups in total. The first-order valence-electron chi connectivity index (χ1n) is 5.35. The normalized spacial score (nSPS) is 14.8. The standard InChI is InChI=1S/C10H16F3N3OS/c1-4-17-9(2,3)7(16-14)6-5-15-8(18-6)10(11,12)13/h5,7,16H,4,14H2,1-3H3. The molecule has 0 amide bonds. The largest absolute Gasteiger partial charge is 0.443 e. The van der Waals surface area contributed by atoms with Gasteiger partial charge in [0.2, 0.25) is 0 Å². The number of nitrogens with two attached hydrogens (primary N) is 1. The predicted octanol–water partition coefficient (Wildman–Crippen LogP) is 2.48. The quantitative estimate of drug-likeness (QED) is 0.644. The van der Waals surface area contributed by atoms with Crippen LogP contribution in [-0.4, -0.2) is 17.2 Å². The van der Waals surface area contributed by atoms with Gasteiger partial charge in [-0.2, -0.15) is 13.2 Å². The van der Waals surface area contributed by atoms with Gasteiger partial charge in [0.15, 0.2) is 5.01 Å². The highest BCUT2D eigenvalue weighted by Gasteiger charge is 2.38. The number of nitrogens with zero attached hydrogens (tertiary/aromatic N) is 1. The number of thiazole rings is 1. The number of aromatic nitrogens is 1. The Balaban J connectivity index is 3.00. The Bertz CT molecular complexity index is 392. The van der Waals surface area contributed by atoms with Crippen molar-refractivity contribution in [3.63, 3.8) is 0 Å². The molecule has 0 bridgehead atoms. The van der Waals surface area contributed by atoms with Crippen molar-refractivity contribution in [1.82, 2.24) is 10.4 Å². The van der Waals surface area contributed by atoms with E-state index in [2.05, 4.69) is 10.4 Å².